The molecule has 0 aliphatic carbocycles. The smallest absolute Gasteiger partial charge is 0.245 e. The molecule has 5 nitrogen and oxygen atoms in total. The SMILES string of the molecule is CC(=O)N1CCC[C@H]1C(=O)N1CCCN(CC=Cc2ccccc2)CC1. The fraction of sp³-hybridized carbons (Fsp3) is 0.524. The van der Waals surface area contributed by atoms with Gasteiger partial charge in [0.2, 0.25) is 11.8 Å². The van der Waals surface area contributed by atoms with Crippen LogP contribution in [0.4, 0.5) is 0 Å². The van der Waals surface area contributed by atoms with Crippen molar-refractivity contribution in [1.82, 2.24) is 14.7 Å². The van der Waals surface area contributed by atoms with Crippen molar-refractivity contribution in [3.63, 3.8) is 0 Å². The third-order valence-corrected chi connectivity index (χ3v) is 5.32. The molecule has 2 aliphatic rings. The quantitative estimate of drug-likeness (QED) is 0.832. The first kappa shape index (κ1) is 18.6. The van der Waals surface area contributed by atoms with Crippen LogP contribution in [0.15, 0.2) is 36.4 Å². The number of hydrogen-bond acceptors (Lipinski definition) is 3. The van der Waals surface area contributed by atoms with Crippen molar-refractivity contribution < 1.29 is 9.59 Å². The van der Waals surface area contributed by atoms with Crippen LogP contribution in [0.5, 0.6) is 0 Å². The Hall–Kier alpha value is -2.14. The second-order valence-electron chi connectivity index (χ2n) is 7.16. The number of hydrogen-bond donors (Lipinski definition) is 0. The molecule has 3 rings (SSSR count). The van der Waals surface area contributed by atoms with Gasteiger partial charge in [-0.05, 0) is 24.8 Å². The molecule has 0 N–H and O–H groups in total. The molecule has 1 aromatic carbocycles. The summed E-state index contributed by atoms with van der Waals surface area (Å²) in [6, 6.07) is 10.1. The number of amides is 2. The van der Waals surface area contributed by atoms with Crippen LogP contribution in [-0.4, -0.2) is 71.8 Å². The summed E-state index contributed by atoms with van der Waals surface area (Å²) in [5, 5.41) is 0. The summed E-state index contributed by atoms with van der Waals surface area (Å²) >= 11 is 0. The first-order chi connectivity index (χ1) is 12.6. The first-order valence-electron chi connectivity index (χ1n) is 9.65. The number of benzene rings is 1. The summed E-state index contributed by atoms with van der Waals surface area (Å²) in [5.74, 6) is 0.155. The van der Waals surface area contributed by atoms with Gasteiger partial charge in [-0.1, -0.05) is 42.5 Å². The molecule has 2 saturated heterocycles. The van der Waals surface area contributed by atoms with Gasteiger partial charge in [0.25, 0.3) is 0 Å². The van der Waals surface area contributed by atoms with Gasteiger partial charge in [0.15, 0.2) is 0 Å². The average Bonchev–Trinajstić information content (AvgIpc) is 3.03. The summed E-state index contributed by atoms with van der Waals surface area (Å²) in [7, 11) is 0. The van der Waals surface area contributed by atoms with Crippen molar-refractivity contribution >= 4 is 17.9 Å². The van der Waals surface area contributed by atoms with Gasteiger partial charge >= 0.3 is 0 Å². The molecule has 0 bridgehead atoms. The number of likely N-dealkylation sites (tertiary alicyclic amines) is 1. The number of nitrogens with zero attached hydrogens (tertiary/aromatic N) is 3. The minimum absolute atomic E-state index is 0.0170. The lowest BCUT2D eigenvalue weighted by Gasteiger charge is -2.29. The zero-order chi connectivity index (χ0) is 18.4. The maximum Gasteiger partial charge on any atom is 0.245 e. The molecular formula is C21H29N3O2. The molecule has 1 atom stereocenters. The van der Waals surface area contributed by atoms with Crippen molar-refractivity contribution in [2.75, 3.05) is 39.3 Å². The van der Waals surface area contributed by atoms with E-state index < -0.39 is 0 Å². The summed E-state index contributed by atoms with van der Waals surface area (Å²) in [4.78, 5) is 30.7. The van der Waals surface area contributed by atoms with Crippen molar-refractivity contribution in [2.45, 2.75) is 32.2 Å². The molecule has 26 heavy (non-hydrogen) atoms. The summed E-state index contributed by atoms with van der Waals surface area (Å²) in [6.45, 7) is 6.62. The van der Waals surface area contributed by atoms with Crippen molar-refractivity contribution in [1.29, 1.82) is 0 Å². The Bertz CT molecular complexity index is 644. The highest BCUT2D eigenvalue weighted by Crippen LogP contribution is 2.20. The van der Waals surface area contributed by atoms with Gasteiger partial charge in [0.05, 0.1) is 0 Å². The van der Waals surface area contributed by atoms with E-state index in [0.717, 1.165) is 58.5 Å². The van der Waals surface area contributed by atoms with E-state index in [1.165, 1.54) is 5.56 Å². The van der Waals surface area contributed by atoms with Gasteiger partial charge in [-0.15, -0.1) is 0 Å². The Morgan fingerprint density at radius 3 is 2.62 bits per heavy atom. The topological polar surface area (TPSA) is 43.9 Å². The highest BCUT2D eigenvalue weighted by molar-refractivity contribution is 5.87. The van der Waals surface area contributed by atoms with Crippen molar-refractivity contribution in [2.24, 2.45) is 0 Å². The van der Waals surface area contributed by atoms with Crippen LogP contribution in [-0.2, 0) is 9.59 Å². The van der Waals surface area contributed by atoms with Crippen LogP contribution in [0.2, 0.25) is 0 Å². The molecule has 0 saturated carbocycles. The van der Waals surface area contributed by atoms with E-state index >= 15 is 0 Å². The van der Waals surface area contributed by atoms with Gasteiger partial charge < -0.3 is 9.80 Å². The fourth-order valence-corrected chi connectivity index (χ4v) is 3.89. The molecule has 2 amide bonds. The highest BCUT2D eigenvalue weighted by Gasteiger charge is 2.35. The second kappa shape index (κ2) is 8.99. The normalized spacial score (nSPS) is 22.0. The Kier molecular flexibility index (Phi) is 6.45. The maximum atomic E-state index is 12.9. The minimum atomic E-state index is -0.239. The molecule has 2 fully saturated rings. The lowest BCUT2D eigenvalue weighted by molar-refractivity contribution is -0.142. The Labute approximate surface area is 156 Å². The van der Waals surface area contributed by atoms with E-state index in [1.807, 2.05) is 23.1 Å². The molecule has 2 heterocycles. The van der Waals surface area contributed by atoms with E-state index in [1.54, 1.807) is 11.8 Å². The zero-order valence-corrected chi connectivity index (χ0v) is 15.6. The van der Waals surface area contributed by atoms with Gasteiger partial charge in [-0.3, -0.25) is 14.5 Å². The molecule has 140 valence electrons. The van der Waals surface area contributed by atoms with Crippen LogP contribution in [0.1, 0.15) is 31.7 Å². The Balaban J connectivity index is 1.51. The van der Waals surface area contributed by atoms with E-state index in [4.69, 9.17) is 0 Å². The van der Waals surface area contributed by atoms with Gasteiger partial charge in [-0.25, -0.2) is 0 Å². The van der Waals surface area contributed by atoms with Crippen LogP contribution >= 0.6 is 0 Å². The molecular weight excluding hydrogens is 326 g/mol. The summed E-state index contributed by atoms with van der Waals surface area (Å²) in [6.07, 6.45) is 7.06. The largest absolute Gasteiger partial charge is 0.340 e. The maximum absolute atomic E-state index is 12.9. The molecule has 0 spiro atoms. The van der Waals surface area contributed by atoms with Crippen molar-refractivity contribution in [3.8, 4) is 0 Å². The Morgan fingerprint density at radius 1 is 1.04 bits per heavy atom. The van der Waals surface area contributed by atoms with E-state index in [2.05, 4.69) is 29.2 Å². The number of rotatable bonds is 4. The predicted octanol–water partition coefficient (Wildman–Crippen LogP) is 2.24. The third kappa shape index (κ3) is 4.73. The lowest BCUT2D eigenvalue weighted by Crippen LogP contribution is -2.48. The summed E-state index contributed by atoms with van der Waals surface area (Å²) in [5.41, 5.74) is 1.21. The third-order valence-electron chi connectivity index (χ3n) is 5.32. The van der Waals surface area contributed by atoms with E-state index in [-0.39, 0.29) is 17.9 Å². The molecule has 0 aromatic heterocycles. The van der Waals surface area contributed by atoms with Crippen LogP contribution in [0.25, 0.3) is 6.08 Å². The van der Waals surface area contributed by atoms with E-state index in [9.17, 15) is 9.59 Å². The van der Waals surface area contributed by atoms with Crippen LogP contribution in [0, 0.1) is 0 Å². The van der Waals surface area contributed by atoms with Gasteiger partial charge in [0.1, 0.15) is 6.04 Å². The lowest BCUT2D eigenvalue weighted by atomic mass is 10.2. The second-order valence-corrected chi connectivity index (χ2v) is 7.16. The molecule has 5 heteroatoms. The van der Waals surface area contributed by atoms with E-state index in [0.29, 0.717) is 0 Å². The molecule has 2 aliphatic heterocycles. The summed E-state index contributed by atoms with van der Waals surface area (Å²) < 4.78 is 0. The molecule has 0 radical (unpaired) electrons. The van der Waals surface area contributed by atoms with Crippen molar-refractivity contribution in [3.05, 3.63) is 42.0 Å². The van der Waals surface area contributed by atoms with Gasteiger partial charge in [-0.2, -0.15) is 0 Å². The Morgan fingerprint density at radius 2 is 1.85 bits per heavy atom. The minimum Gasteiger partial charge on any atom is -0.340 e. The van der Waals surface area contributed by atoms with Crippen LogP contribution in [0.3, 0.4) is 0 Å². The van der Waals surface area contributed by atoms with Crippen LogP contribution < -0.4 is 0 Å². The fourth-order valence-electron chi connectivity index (χ4n) is 3.89. The number of carbonyl (C=O) groups is 2. The molecule has 1 aromatic rings. The standard InChI is InChI=1S/C21H29N3O2/c1-18(25)24-15-6-11-20(24)21(26)23-14-7-13-22(16-17-23)12-5-10-19-8-3-2-4-9-19/h2-5,8-10,20H,6-7,11-17H2,1H3/t20-/m0/s1. The molecule has 0 unspecified atom stereocenters. The highest BCUT2D eigenvalue weighted by atomic mass is 16.2. The zero-order valence-electron chi connectivity index (χ0n) is 15.6. The number of carbonyl (C=O) groups excluding carboxylic acids is 2. The average molecular weight is 355 g/mol. The van der Waals surface area contributed by atoms with Gasteiger partial charge in [0, 0.05) is 46.2 Å². The predicted molar refractivity (Wildman–Crippen MR) is 104 cm³/mol. The first-order valence-corrected chi connectivity index (χ1v) is 9.65. The monoisotopic (exact) mass is 355 g/mol.